The second kappa shape index (κ2) is 5.37. The SMILES string of the molecule is Cc1cc(N)ccc1NC(=O)C(C)N1CCCO1. The monoisotopic (exact) mass is 249 g/mol. The molecule has 1 unspecified atom stereocenters. The van der Waals surface area contributed by atoms with Crippen molar-refractivity contribution in [3.63, 3.8) is 0 Å². The summed E-state index contributed by atoms with van der Waals surface area (Å²) in [5.74, 6) is -0.0650. The van der Waals surface area contributed by atoms with Crippen molar-refractivity contribution >= 4 is 17.3 Å². The summed E-state index contributed by atoms with van der Waals surface area (Å²) < 4.78 is 0. The van der Waals surface area contributed by atoms with E-state index in [2.05, 4.69) is 5.32 Å². The van der Waals surface area contributed by atoms with E-state index in [-0.39, 0.29) is 11.9 Å². The Morgan fingerprint density at radius 3 is 2.94 bits per heavy atom. The summed E-state index contributed by atoms with van der Waals surface area (Å²) in [5, 5.41) is 4.62. The van der Waals surface area contributed by atoms with Crippen LogP contribution in [0, 0.1) is 6.92 Å². The van der Waals surface area contributed by atoms with Gasteiger partial charge in [-0.2, -0.15) is 5.06 Å². The average Bonchev–Trinajstić information content (AvgIpc) is 2.85. The second-order valence-electron chi connectivity index (χ2n) is 4.57. The normalized spacial score (nSPS) is 17.7. The Morgan fingerprint density at radius 2 is 2.33 bits per heavy atom. The number of carbonyl (C=O) groups is 1. The van der Waals surface area contributed by atoms with Crippen LogP contribution in [0.1, 0.15) is 18.9 Å². The number of nitrogens with zero attached hydrogens (tertiary/aromatic N) is 1. The summed E-state index contributed by atoms with van der Waals surface area (Å²) in [6, 6.07) is 5.15. The molecule has 1 fully saturated rings. The van der Waals surface area contributed by atoms with Gasteiger partial charge in [-0.05, 0) is 44.0 Å². The molecule has 2 rings (SSSR count). The Labute approximate surface area is 107 Å². The van der Waals surface area contributed by atoms with Crippen LogP contribution in [0.4, 0.5) is 11.4 Å². The topological polar surface area (TPSA) is 67.6 Å². The molecule has 1 heterocycles. The fourth-order valence-corrected chi connectivity index (χ4v) is 1.97. The van der Waals surface area contributed by atoms with Crippen LogP contribution in [0.15, 0.2) is 18.2 Å². The first kappa shape index (κ1) is 12.9. The van der Waals surface area contributed by atoms with Crippen molar-refractivity contribution in [1.29, 1.82) is 0 Å². The predicted molar refractivity (Wildman–Crippen MR) is 71.0 cm³/mol. The van der Waals surface area contributed by atoms with Gasteiger partial charge in [-0.15, -0.1) is 0 Å². The van der Waals surface area contributed by atoms with Crippen LogP contribution in [0.5, 0.6) is 0 Å². The zero-order chi connectivity index (χ0) is 13.1. The van der Waals surface area contributed by atoms with Crippen LogP contribution in [-0.2, 0) is 9.63 Å². The molecule has 0 saturated carbocycles. The summed E-state index contributed by atoms with van der Waals surface area (Å²) in [5.41, 5.74) is 8.12. The lowest BCUT2D eigenvalue weighted by Crippen LogP contribution is -2.39. The molecule has 1 aliphatic rings. The number of nitrogens with one attached hydrogen (secondary N) is 1. The number of amides is 1. The van der Waals surface area contributed by atoms with Crippen LogP contribution in [-0.4, -0.2) is 30.2 Å². The third-order valence-electron chi connectivity index (χ3n) is 3.10. The van der Waals surface area contributed by atoms with Crippen molar-refractivity contribution in [2.75, 3.05) is 24.2 Å². The Hall–Kier alpha value is -1.59. The first-order chi connectivity index (χ1) is 8.58. The van der Waals surface area contributed by atoms with E-state index < -0.39 is 0 Å². The maximum atomic E-state index is 12.1. The highest BCUT2D eigenvalue weighted by molar-refractivity contribution is 5.95. The van der Waals surface area contributed by atoms with Crippen molar-refractivity contribution in [3.8, 4) is 0 Å². The van der Waals surface area contributed by atoms with Gasteiger partial charge >= 0.3 is 0 Å². The van der Waals surface area contributed by atoms with Gasteiger partial charge in [0.25, 0.3) is 0 Å². The lowest BCUT2D eigenvalue weighted by atomic mass is 10.1. The van der Waals surface area contributed by atoms with Gasteiger partial charge in [-0.1, -0.05) is 0 Å². The van der Waals surface area contributed by atoms with Gasteiger partial charge < -0.3 is 11.1 Å². The molecular weight excluding hydrogens is 230 g/mol. The summed E-state index contributed by atoms with van der Waals surface area (Å²) in [6.45, 7) is 5.25. The lowest BCUT2D eigenvalue weighted by Gasteiger charge is -2.21. The number of hydrogen-bond donors (Lipinski definition) is 2. The number of nitrogen functional groups attached to an aromatic ring is 1. The Balaban J connectivity index is 2.01. The highest BCUT2D eigenvalue weighted by Gasteiger charge is 2.25. The molecule has 0 bridgehead atoms. The van der Waals surface area contributed by atoms with Gasteiger partial charge in [0, 0.05) is 17.9 Å². The number of hydroxylamine groups is 2. The van der Waals surface area contributed by atoms with Crippen molar-refractivity contribution in [3.05, 3.63) is 23.8 Å². The Kier molecular flexibility index (Phi) is 3.84. The highest BCUT2D eigenvalue weighted by atomic mass is 16.7. The van der Waals surface area contributed by atoms with Crippen LogP contribution < -0.4 is 11.1 Å². The summed E-state index contributed by atoms with van der Waals surface area (Å²) in [7, 11) is 0. The molecular formula is C13H19N3O2. The molecule has 3 N–H and O–H groups in total. The van der Waals surface area contributed by atoms with E-state index in [1.54, 1.807) is 11.1 Å². The molecule has 5 heteroatoms. The molecule has 1 aromatic rings. The fourth-order valence-electron chi connectivity index (χ4n) is 1.97. The molecule has 1 aromatic carbocycles. The van der Waals surface area contributed by atoms with E-state index in [0.29, 0.717) is 12.3 Å². The molecule has 1 atom stereocenters. The maximum Gasteiger partial charge on any atom is 0.243 e. The molecule has 1 amide bonds. The number of anilines is 2. The Morgan fingerprint density at radius 1 is 1.56 bits per heavy atom. The largest absolute Gasteiger partial charge is 0.399 e. The smallest absolute Gasteiger partial charge is 0.243 e. The highest BCUT2D eigenvalue weighted by Crippen LogP contribution is 2.19. The molecule has 0 spiro atoms. The van der Waals surface area contributed by atoms with Crippen molar-refractivity contribution in [1.82, 2.24) is 5.06 Å². The van der Waals surface area contributed by atoms with Crippen molar-refractivity contribution < 1.29 is 9.63 Å². The van der Waals surface area contributed by atoms with Gasteiger partial charge in [0.2, 0.25) is 5.91 Å². The molecule has 98 valence electrons. The van der Waals surface area contributed by atoms with Crippen LogP contribution >= 0.6 is 0 Å². The quantitative estimate of drug-likeness (QED) is 0.797. The van der Waals surface area contributed by atoms with Crippen molar-refractivity contribution in [2.24, 2.45) is 0 Å². The third kappa shape index (κ3) is 2.80. The molecule has 1 saturated heterocycles. The molecule has 0 aromatic heterocycles. The summed E-state index contributed by atoms with van der Waals surface area (Å²) in [6.07, 6.45) is 0.971. The number of rotatable bonds is 3. The third-order valence-corrected chi connectivity index (χ3v) is 3.10. The van der Waals surface area contributed by atoms with E-state index in [4.69, 9.17) is 10.6 Å². The Bertz CT molecular complexity index is 442. The van der Waals surface area contributed by atoms with E-state index in [1.807, 2.05) is 26.0 Å². The zero-order valence-corrected chi connectivity index (χ0v) is 10.8. The van der Waals surface area contributed by atoms with Gasteiger partial charge in [-0.3, -0.25) is 9.63 Å². The van der Waals surface area contributed by atoms with E-state index in [0.717, 1.165) is 24.2 Å². The van der Waals surface area contributed by atoms with E-state index in [1.165, 1.54) is 0 Å². The van der Waals surface area contributed by atoms with Gasteiger partial charge in [0.1, 0.15) is 6.04 Å². The van der Waals surface area contributed by atoms with Crippen LogP contribution in [0.2, 0.25) is 0 Å². The molecule has 0 aliphatic carbocycles. The molecule has 0 radical (unpaired) electrons. The standard InChI is InChI=1S/C13H19N3O2/c1-9-8-11(14)4-5-12(9)15-13(17)10(2)16-6-3-7-18-16/h4-5,8,10H,3,6-7,14H2,1-2H3,(H,15,17). The van der Waals surface area contributed by atoms with Gasteiger partial charge in [-0.25, -0.2) is 0 Å². The summed E-state index contributed by atoms with van der Waals surface area (Å²) >= 11 is 0. The number of aryl methyl sites for hydroxylation is 1. The first-order valence-electron chi connectivity index (χ1n) is 6.14. The minimum atomic E-state index is -0.288. The molecule has 5 nitrogen and oxygen atoms in total. The van der Waals surface area contributed by atoms with Crippen LogP contribution in [0.25, 0.3) is 0 Å². The number of nitrogens with two attached hydrogens (primary N) is 1. The minimum Gasteiger partial charge on any atom is -0.399 e. The van der Waals surface area contributed by atoms with Crippen molar-refractivity contribution in [2.45, 2.75) is 26.3 Å². The maximum absolute atomic E-state index is 12.1. The first-order valence-corrected chi connectivity index (χ1v) is 6.14. The van der Waals surface area contributed by atoms with E-state index >= 15 is 0 Å². The summed E-state index contributed by atoms with van der Waals surface area (Å²) in [4.78, 5) is 17.4. The fraction of sp³-hybridized carbons (Fsp3) is 0.462. The lowest BCUT2D eigenvalue weighted by molar-refractivity contribution is -0.154. The van der Waals surface area contributed by atoms with Gasteiger partial charge in [0.05, 0.1) is 6.61 Å². The predicted octanol–water partition coefficient (Wildman–Crippen LogP) is 1.54. The minimum absolute atomic E-state index is 0.0650. The number of hydrogen-bond acceptors (Lipinski definition) is 4. The molecule has 18 heavy (non-hydrogen) atoms. The number of carbonyl (C=O) groups excluding carboxylic acids is 1. The van der Waals surface area contributed by atoms with Crippen LogP contribution in [0.3, 0.4) is 0 Å². The number of benzene rings is 1. The molecule has 1 aliphatic heterocycles. The second-order valence-corrected chi connectivity index (χ2v) is 4.57. The zero-order valence-electron chi connectivity index (χ0n) is 10.8. The van der Waals surface area contributed by atoms with E-state index in [9.17, 15) is 4.79 Å². The average molecular weight is 249 g/mol. The van der Waals surface area contributed by atoms with Gasteiger partial charge in [0.15, 0.2) is 0 Å².